The molecule has 0 fully saturated rings. The van der Waals surface area contributed by atoms with Gasteiger partial charge >= 0.3 is 0 Å². The van der Waals surface area contributed by atoms with Crippen LogP contribution in [0.4, 0.5) is 0 Å². The molecule has 0 saturated carbocycles. The van der Waals surface area contributed by atoms with Gasteiger partial charge in [-0.25, -0.2) is 0 Å². The second-order valence-corrected chi connectivity index (χ2v) is 18.2. The van der Waals surface area contributed by atoms with E-state index in [0.29, 0.717) is 0 Å². The van der Waals surface area contributed by atoms with Gasteiger partial charge in [0, 0.05) is 9.75 Å². The van der Waals surface area contributed by atoms with E-state index in [4.69, 9.17) is 0 Å². The van der Waals surface area contributed by atoms with Gasteiger partial charge in [-0.3, -0.25) is 0 Å². The third-order valence-corrected chi connectivity index (χ3v) is 11.5. The van der Waals surface area contributed by atoms with Gasteiger partial charge in [-0.05, 0) is 35.0 Å². The second-order valence-electron chi connectivity index (χ2n) is 7.58. The predicted molar refractivity (Wildman–Crippen MR) is 103 cm³/mol. The highest BCUT2D eigenvalue weighted by Crippen LogP contribution is 2.45. The van der Waals surface area contributed by atoms with E-state index in [0.717, 1.165) is 0 Å². The standard InChI is InChI=1S/C18H24SSi2/c1-13-11-12-15(19-13)18-17(20(2,3)4)14-9-7-8-10-16(14)21(18,5)6/h7-12H,1-6H3. The van der Waals surface area contributed by atoms with Crippen molar-refractivity contribution in [2.45, 2.75) is 39.7 Å². The summed E-state index contributed by atoms with van der Waals surface area (Å²) in [6.45, 7) is 14.8. The van der Waals surface area contributed by atoms with Crippen LogP contribution in [0.25, 0.3) is 10.4 Å². The zero-order valence-electron chi connectivity index (χ0n) is 13.9. The van der Waals surface area contributed by atoms with Crippen molar-refractivity contribution in [2.75, 3.05) is 0 Å². The first-order valence-electron chi connectivity index (χ1n) is 7.65. The molecule has 21 heavy (non-hydrogen) atoms. The van der Waals surface area contributed by atoms with Crippen molar-refractivity contribution in [1.29, 1.82) is 0 Å². The van der Waals surface area contributed by atoms with Gasteiger partial charge in [0.15, 0.2) is 0 Å². The van der Waals surface area contributed by atoms with E-state index in [1.165, 1.54) is 9.75 Å². The summed E-state index contributed by atoms with van der Waals surface area (Å²) in [6, 6.07) is 13.8. The molecule has 0 aliphatic carbocycles. The van der Waals surface area contributed by atoms with Crippen molar-refractivity contribution in [3.8, 4) is 0 Å². The Morgan fingerprint density at radius 2 is 1.62 bits per heavy atom. The van der Waals surface area contributed by atoms with Crippen LogP contribution in [-0.4, -0.2) is 16.1 Å². The average molecular weight is 329 g/mol. The minimum Gasteiger partial charge on any atom is -0.141 e. The lowest BCUT2D eigenvalue weighted by molar-refractivity contribution is 1.64. The maximum atomic E-state index is 2.53. The zero-order chi connectivity index (χ0) is 15.4. The summed E-state index contributed by atoms with van der Waals surface area (Å²) in [6.07, 6.45) is 0. The van der Waals surface area contributed by atoms with Crippen LogP contribution in [-0.2, 0) is 0 Å². The van der Waals surface area contributed by atoms with Crippen LogP contribution in [0.3, 0.4) is 0 Å². The third-order valence-electron chi connectivity index (χ3n) is 4.48. The molecule has 0 nitrogen and oxygen atoms in total. The molecule has 1 aromatic carbocycles. The first kappa shape index (κ1) is 15.0. The number of thiophene rings is 1. The Balaban J connectivity index is 2.36. The topological polar surface area (TPSA) is 0 Å². The van der Waals surface area contributed by atoms with E-state index in [1.807, 2.05) is 11.3 Å². The number of fused-ring (bicyclic) bond motifs is 1. The molecule has 0 unspecified atom stereocenters. The minimum atomic E-state index is -1.57. The van der Waals surface area contributed by atoms with Gasteiger partial charge in [-0.15, -0.1) is 11.3 Å². The molecule has 1 aliphatic heterocycles. The molecule has 0 amide bonds. The van der Waals surface area contributed by atoms with Gasteiger partial charge in [0.05, 0.1) is 8.07 Å². The Morgan fingerprint density at radius 3 is 2.19 bits per heavy atom. The zero-order valence-corrected chi connectivity index (χ0v) is 16.7. The molecule has 3 rings (SSSR count). The van der Waals surface area contributed by atoms with Crippen LogP contribution < -0.4 is 5.19 Å². The summed E-state index contributed by atoms with van der Waals surface area (Å²) in [5.41, 5.74) is 1.56. The van der Waals surface area contributed by atoms with Crippen LogP contribution in [0.1, 0.15) is 15.3 Å². The largest absolute Gasteiger partial charge is 0.141 e. The lowest BCUT2D eigenvalue weighted by atomic mass is 10.2. The molecule has 0 spiro atoms. The van der Waals surface area contributed by atoms with Crippen molar-refractivity contribution in [3.05, 3.63) is 51.7 Å². The number of hydrogen-bond donors (Lipinski definition) is 0. The smallest absolute Gasteiger partial charge is 0.114 e. The van der Waals surface area contributed by atoms with Gasteiger partial charge < -0.3 is 0 Å². The van der Waals surface area contributed by atoms with Crippen LogP contribution in [0, 0.1) is 6.92 Å². The maximum Gasteiger partial charge on any atom is 0.114 e. The fourth-order valence-corrected chi connectivity index (χ4v) is 12.7. The van der Waals surface area contributed by atoms with Crippen molar-refractivity contribution in [1.82, 2.24) is 0 Å². The van der Waals surface area contributed by atoms with Gasteiger partial charge in [0.25, 0.3) is 0 Å². The molecule has 0 atom stereocenters. The van der Waals surface area contributed by atoms with Crippen molar-refractivity contribution >= 4 is 43.1 Å². The summed E-state index contributed by atoms with van der Waals surface area (Å²) in [7, 11) is -2.95. The molecule has 1 aliphatic rings. The van der Waals surface area contributed by atoms with Crippen molar-refractivity contribution < 1.29 is 0 Å². The third kappa shape index (κ3) is 2.31. The monoisotopic (exact) mass is 328 g/mol. The molecule has 2 heterocycles. The highest BCUT2D eigenvalue weighted by molar-refractivity contribution is 7.21. The van der Waals surface area contributed by atoms with Gasteiger partial charge in [-0.2, -0.15) is 0 Å². The molecule has 0 N–H and O–H groups in total. The summed E-state index contributed by atoms with van der Waals surface area (Å²) in [5.74, 6) is 0. The Kier molecular flexibility index (Phi) is 3.43. The van der Waals surface area contributed by atoms with E-state index in [9.17, 15) is 0 Å². The number of hydrogen-bond acceptors (Lipinski definition) is 1. The number of rotatable bonds is 2. The van der Waals surface area contributed by atoms with Crippen LogP contribution >= 0.6 is 11.3 Å². The molecular weight excluding hydrogens is 304 g/mol. The fraction of sp³-hybridized carbons (Fsp3) is 0.333. The Labute approximate surface area is 134 Å². The molecular formula is C18H24SSi2. The Bertz CT molecular complexity index is 730. The maximum absolute atomic E-state index is 2.53. The van der Waals surface area contributed by atoms with Gasteiger partial charge in [0.2, 0.25) is 0 Å². The summed E-state index contributed by atoms with van der Waals surface area (Å²) in [5, 5.41) is 5.08. The van der Waals surface area contributed by atoms with E-state index in [-0.39, 0.29) is 0 Å². The molecule has 110 valence electrons. The van der Waals surface area contributed by atoms with Crippen molar-refractivity contribution in [2.24, 2.45) is 0 Å². The van der Waals surface area contributed by atoms with E-state index in [1.54, 1.807) is 21.1 Å². The molecule has 0 bridgehead atoms. The van der Waals surface area contributed by atoms with Gasteiger partial charge in [-0.1, -0.05) is 62.2 Å². The molecule has 3 heteroatoms. The fourth-order valence-electron chi connectivity index (χ4n) is 3.61. The first-order valence-corrected chi connectivity index (χ1v) is 15.0. The highest BCUT2D eigenvalue weighted by atomic mass is 32.1. The SMILES string of the molecule is Cc1ccc(C2=C([Si](C)(C)C)c3ccccc3[Si]2(C)C)s1. The second kappa shape index (κ2) is 4.80. The predicted octanol–water partition coefficient (Wildman–Crippen LogP) is 5.31. The van der Waals surface area contributed by atoms with Gasteiger partial charge in [0.1, 0.15) is 8.07 Å². The average Bonchev–Trinajstić information content (AvgIpc) is 2.89. The van der Waals surface area contributed by atoms with Crippen molar-refractivity contribution in [3.63, 3.8) is 0 Å². The quantitative estimate of drug-likeness (QED) is 0.655. The Morgan fingerprint density at radius 1 is 0.952 bits per heavy atom. The molecule has 0 saturated heterocycles. The van der Waals surface area contributed by atoms with Crippen LogP contribution in [0.5, 0.6) is 0 Å². The summed E-state index contributed by atoms with van der Waals surface area (Å²) < 4.78 is 0. The minimum absolute atomic E-state index is 1.38. The van der Waals surface area contributed by atoms with E-state index >= 15 is 0 Å². The summed E-state index contributed by atoms with van der Waals surface area (Å²) >= 11 is 1.98. The number of benzene rings is 1. The molecule has 0 radical (unpaired) electrons. The lowest BCUT2D eigenvalue weighted by Gasteiger charge is -2.25. The summed E-state index contributed by atoms with van der Waals surface area (Å²) in [4.78, 5) is 2.95. The van der Waals surface area contributed by atoms with E-state index < -0.39 is 16.1 Å². The first-order chi connectivity index (χ1) is 9.73. The normalized spacial score (nSPS) is 17.2. The Hall–Kier alpha value is -0.906. The lowest BCUT2D eigenvalue weighted by Crippen LogP contribution is -2.40. The number of aryl methyl sites for hydroxylation is 1. The molecule has 1 aromatic heterocycles. The van der Waals surface area contributed by atoms with E-state index in [2.05, 4.69) is 76.1 Å². The molecule has 2 aromatic rings. The highest BCUT2D eigenvalue weighted by Gasteiger charge is 2.43. The van der Waals surface area contributed by atoms with Crippen LogP contribution in [0.15, 0.2) is 36.4 Å². The van der Waals surface area contributed by atoms with Crippen LogP contribution in [0.2, 0.25) is 32.7 Å².